The molecule has 0 unspecified atom stereocenters. The van der Waals surface area contributed by atoms with Crippen molar-refractivity contribution >= 4 is 24.8 Å². The van der Waals surface area contributed by atoms with Gasteiger partial charge < -0.3 is 0 Å². The average molecular weight is 289 g/mol. The third-order valence-electron chi connectivity index (χ3n) is 2.93. The van der Waals surface area contributed by atoms with Crippen LogP contribution in [0.1, 0.15) is 40.5 Å². The Morgan fingerprint density at radius 2 is 1.06 bits per heavy atom. The van der Waals surface area contributed by atoms with E-state index in [1.165, 1.54) is 11.1 Å². The lowest BCUT2D eigenvalue weighted by molar-refractivity contribution is 0.793. The zero-order chi connectivity index (χ0) is 12.0. The maximum absolute atomic E-state index is 2.28. The number of allylic oxidation sites excluding steroid dienone is 8. The molecule has 2 heteroatoms. The molecule has 0 aliphatic heterocycles. The number of hydrogen-bond acceptors (Lipinski definition) is 0. The first-order valence-electron chi connectivity index (χ1n) is 6.34. The second-order valence-corrected chi connectivity index (χ2v) is 4.99. The maximum Gasteiger partial charge on any atom is -0.0160 e. The smallest absolute Gasteiger partial charge is 0.0160 e. The summed E-state index contributed by atoms with van der Waals surface area (Å²) in [5, 5.41) is 0. The van der Waals surface area contributed by atoms with Gasteiger partial charge in [0, 0.05) is 0 Å². The van der Waals surface area contributed by atoms with Crippen molar-refractivity contribution in [3.63, 3.8) is 0 Å². The Balaban J connectivity index is 0. The van der Waals surface area contributed by atoms with Crippen LogP contribution in [0.5, 0.6) is 0 Å². The summed E-state index contributed by atoms with van der Waals surface area (Å²) in [5.74, 6) is 1.43. The van der Waals surface area contributed by atoms with Gasteiger partial charge in [-0.15, -0.1) is 24.8 Å². The fourth-order valence-corrected chi connectivity index (χ4v) is 1.81. The molecule has 0 saturated heterocycles. The van der Waals surface area contributed by atoms with Crippen molar-refractivity contribution in [2.24, 2.45) is 11.8 Å². The lowest BCUT2D eigenvalue weighted by atomic mass is 10.1. The molecule has 0 fully saturated rings. The topological polar surface area (TPSA) is 0 Å². The summed E-state index contributed by atoms with van der Waals surface area (Å²) < 4.78 is 0. The Morgan fingerprint density at radius 1 is 0.722 bits per heavy atom. The Morgan fingerprint density at radius 3 is 1.17 bits per heavy atom. The number of rotatable bonds is 2. The second kappa shape index (κ2) is 10.5. The highest BCUT2D eigenvalue weighted by molar-refractivity contribution is 5.85. The van der Waals surface area contributed by atoms with Crippen LogP contribution in [0.25, 0.3) is 0 Å². The number of hydrogen-bond donors (Lipinski definition) is 0. The van der Waals surface area contributed by atoms with E-state index in [4.69, 9.17) is 0 Å². The standard InChI is InChI=1S/2C8H12.2ClH/c2*1-7(2)8-5-3-4-6-8;;/h2*3,5-7H,4H2,1-2H3;2*1H. The van der Waals surface area contributed by atoms with Crippen LogP contribution < -0.4 is 0 Å². The van der Waals surface area contributed by atoms with Crippen molar-refractivity contribution in [2.45, 2.75) is 40.5 Å². The van der Waals surface area contributed by atoms with E-state index in [9.17, 15) is 0 Å². The molecule has 0 saturated carbocycles. The average Bonchev–Trinajstić information content (AvgIpc) is 2.93. The quantitative estimate of drug-likeness (QED) is 0.593. The van der Waals surface area contributed by atoms with Gasteiger partial charge in [0.1, 0.15) is 0 Å². The van der Waals surface area contributed by atoms with Gasteiger partial charge in [0.15, 0.2) is 0 Å². The molecule has 0 heterocycles. The summed E-state index contributed by atoms with van der Waals surface area (Å²) in [6.45, 7) is 8.89. The molecule has 0 N–H and O–H groups in total. The highest BCUT2D eigenvalue weighted by Crippen LogP contribution is 2.17. The molecule has 104 valence electrons. The monoisotopic (exact) mass is 288 g/mol. The van der Waals surface area contributed by atoms with Crippen LogP contribution in [0.3, 0.4) is 0 Å². The van der Waals surface area contributed by atoms with E-state index in [-0.39, 0.29) is 24.8 Å². The normalized spacial score (nSPS) is 15.7. The van der Waals surface area contributed by atoms with E-state index in [0.29, 0.717) is 11.8 Å². The van der Waals surface area contributed by atoms with Crippen molar-refractivity contribution in [3.05, 3.63) is 47.6 Å². The van der Waals surface area contributed by atoms with Crippen LogP contribution in [0.2, 0.25) is 0 Å². The van der Waals surface area contributed by atoms with Gasteiger partial charge in [-0.2, -0.15) is 0 Å². The van der Waals surface area contributed by atoms with E-state index in [0.717, 1.165) is 12.8 Å². The lowest BCUT2D eigenvalue weighted by Crippen LogP contribution is -1.85. The highest BCUT2D eigenvalue weighted by Gasteiger charge is 2.00. The predicted molar refractivity (Wildman–Crippen MR) is 87.9 cm³/mol. The van der Waals surface area contributed by atoms with Crippen LogP contribution in [-0.4, -0.2) is 0 Å². The van der Waals surface area contributed by atoms with Crippen molar-refractivity contribution in [1.82, 2.24) is 0 Å². The van der Waals surface area contributed by atoms with E-state index < -0.39 is 0 Å². The van der Waals surface area contributed by atoms with Crippen molar-refractivity contribution in [1.29, 1.82) is 0 Å². The maximum atomic E-state index is 2.28. The Hall–Kier alpha value is -0.460. The van der Waals surface area contributed by atoms with Gasteiger partial charge in [-0.3, -0.25) is 0 Å². The Kier molecular flexibility index (Phi) is 11.5. The summed E-state index contributed by atoms with van der Waals surface area (Å²) in [7, 11) is 0. The highest BCUT2D eigenvalue weighted by atomic mass is 35.5. The fourth-order valence-electron chi connectivity index (χ4n) is 1.81. The summed E-state index contributed by atoms with van der Waals surface area (Å²) in [6, 6.07) is 0. The molecule has 0 nitrogen and oxygen atoms in total. The molecule has 0 atom stereocenters. The lowest BCUT2D eigenvalue weighted by Gasteiger charge is -1.99. The molecule has 2 rings (SSSR count). The molecular weight excluding hydrogens is 263 g/mol. The molecule has 0 bridgehead atoms. The van der Waals surface area contributed by atoms with Crippen LogP contribution in [0.15, 0.2) is 47.6 Å². The number of halogens is 2. The third kappa shape index (κ3) is 7.08. The van der Waals surface area contributed by atoms with Gasteiger partial charge in [-0.05, 0) is 35.8 Å². The zero-order valence-electron chi connectivity index (χ0n) is 11.8. The molecule has 0 aromatic carbocycles. The summed E-state index contributed by atoms with van der Waals surface area (Å²) in [4.78, 5) is 0. The summed E-state index contributed by atoms with van der Waals surface area (Å²) >= 11 is 0. The van der Waals surface area contributed by atoms with Gasteiger partial charge in [-0.25, -0.2) is 0 Å². The predicted octanol–water partition coefficient (Wildman–Crippen LogP) is 5.90. The molecule has 2 aliphatic carbocycles. The van der Waals surface area contributed by atoms with Crippen molar-refractivity contribution in [2.75, 3.05) is 0 Å². The Bertz CT molecular complexity index is 297. The van der Waals surface area contributed by atoms with Gasteiger partial charge in [0.2, 0.25) is 0 Å². The van der Waals surface area contributed by atoms with Gasteiger partial charge >= 0.3 is 0 Å². The molecule has 0 spiro atoms. The fraction of sp³-hybridized carbons (Fsp3) is 0.500. The SMILES string of the molecule is CC(C)C1=CCC=C1.CC(C)C1=CCC=C1.Cl.Cl. The Labute approximate surface area is 125 Å². The minimum atomic E-state index is 0. The van der Waals surface area contributed by atoms with E-state index in [1.54, 1.807) is 0 Å². The van der Waals surface area contributed by atoms with Crippen molar-refractivity contribution < 1.29 is 0 Å². The third-order valence-corrected chi connectivity index (χ3v) is 2.93. The van der Waals surface area contributed by atoms with Gasteiger partial charge in [0.25, 0.3) is 0 Å². The minimum absolute atomic E-state index is 0. The largest absolute Gasteiger partial charge is 0.147 e. The van der Waals surface area contributed by atoms with Gasteiger partial charge in [-0.1, -0.05) is 64.2 Å². The minimum Gasteiger partial charge on any atom is -0.147 e. The molecule has 0 aromatic rings. The van der Waals surface area contributed by atoms with Crippen LogP contribution >= 0.6 is 24.8 Å². The molecule has 18 heavy (non-hydrogen) atoms. The molecule has 2 aliphatic rings. The van der Waals surface area contributed by atoms with Crippen LogP contribution in [-0.2, 0) is 0 Å². The van der Waals surface area contributed by atoms with E-state index >= 15 is 0 Å². The van der Waals surface area contributed by atoms with E-state index in [2.05, 4.69) is 64.2 Å². The molecular formula is C16H26Cl2. The summed E-state index contributed by atoms with van der Waals surface area (Å²) in [5.41, 5.74) is 2.98. The molecule has 0 aromatic heterocycles. The first kappa shape index (κ1) is 19.9. The first-order chi connectivity index (χ1) is 7.61. The molecule has 0 radical (unpaired) electrons. The van der Waals surface area contributed by atoms with Crippen LogP contribution in [0, 0.1) is 11.8 Å². The molecule has 0 amide bonds. The second-order valence-electron chi connectivity index (χ2n) is 4.99. The first-order valence-corrected chi connectivity index (χ1v) is 6.34. The van der Waals surface area contributed by atoms with Crippen molar-refractivity contribution in [3.8, 4) is 0 Å². The summed E-state index contributed by atoms with van der Waals surface area (Å²) in [6.07, 6.45) is 15.7. The van der Waals surface area contributed by atoms with Gasteiger partial charge in [0.05, 0.1) is 0 Å². The van der Waals surface area contributed by atoms with E-state index in [1.807, 2.05) is 0 Å². The zero-order valence-corrected chi connectivity index (χ0v) is 13.5. The van der Waals surface area contributed by atoms with Crippen LogP contribution in [0.4, 0.5) is 0 Å².